The van der Waals surface area contributed by atoms with Gasteiger partial charge in [-0.15, -0.1) is 0 Å². The Morgan fingerprint density at radius 1 is 1.17 bits per heavy atom. The fraction of sp³-hybridized carbons (Fsp3) is 0.263. The van der Waals surface area contributed by atoms with Gasteiger partial charge < -0.3 is 4.74 Å². The van der Waals surface area contributed by atoms with E-state index in [-0.39, 0.29) is 17.7 Å². The summed E-state index contributed by atoms with van der Waals surface area (Å²) in [7, 11) is 1.61. The van der Waals surface area contributed by atoms with Crippen LogP contribution in [-0.4, -0.2) is 23.8 Å². The standard InChI is InChI=1S/C19H18BrNO3/c1-24-16-7-5-13(6-8-16)12-21-18(22)10-9-17(19(21)23)14-3-2-4-15(20)11-14/h2-8,11,17H,9-10,12H2,1H3. The number of carbonyl (C=O) groups excluding carboxylic acids is 2. The van der Waals surface area contributed by atoms with Crippen LogP contribution in [0.2, 0.25) is 0 Å². The maximum Gasteiger partial charge on any atom is 0.237 e. The van der Waals surface area contributed by atoms with Gasteiger partial charge in [0.2, 0.25) is 11.8 Å². The van der Waals surface area contributed by atoms with Crippen molar-refractivity contribution < 1.29 is 14.3 Å². The summed E-state index contributed by atoms with van der Waals surface area (Å²) in [4.78, 5) is 26.5. The first-order chi connectivity index (χ1) is 11.6. The largest absolute Gasteiger partial charge is 0.497 e. The summed E-state index contributed by atoms with van der Waals surface area (Å²) in [6, 6.07) is 15.1. The highest BCUT2D eigenvalue weighted by atomic mass is 79.9. The van der Waals surface area contributed by atoms with Crippen LogP contribution in [-0.2, 0) is 16.1 Å². The summed E-state index contributed by atoms with van der Waals surface area (Å²) in [5.41, 5.74) is 1.86. The van der Waals surface area contributed by atoms with Crippen molar-refractivity contribution in [2.45, 2.75) is 25.3 Å². The van der Waals surface area contributed by atoms with E-state index in [1.807, 2.05) is 48.5 Å². The monoisotopic (exact) mass is 387 g/mol. The van der Waals surface area contributed by atoms with Crippen LogP contribution < -0.4 is 4.74 Å². The van der Waals surface area contributed by atoms with E-state index >= 15 is 0 Å². The van der Waals surface area contributed by atoms with Gasteiger partial charge in [-0.3, -0.25) is 14.5 Å². The number of imide groups is 1. The minimum absolute atomic E-state index is 0.109. The normalized spacial score (nSPS) is 17.9. The number of hydrogen-bond acceptors (Lipinski definition) is 3. The lowest BCUT2D eigenvalue weighted by atomic mass is 9.89. The maximum absolute atomic E-state index is 12.8. The molecule has 1 fully saturated rings. The third kappa shape index (κ3) is 3.51. The molecular weight excluding hydrogens is 370 g/mol. The average Bonchev–Trinajstić information content (AvgIpc) is 2.59. The van der Waals surface area contributed by atoms with E-state index in [0.717, 1.165) is 21.3 Å². The van der Waals surface area contributed by atoms with Gasteiger partial charge in [-0.25, -0.2) is 0 Å². The predicted octanol–water partition coefficient (Wildman–Crippen LogP) is 3.89. The van der Waals surface area contributed by atoms with Crippen molar-refractivity contribution in [1.29, 1.82) is 0 Å². The first kappa shape index (κ1) is 16.7. The van der Waals surface area contributed by atoms with Crippen molar-refractivity contribution in [2.75, 3.05) is 7.11 Å². The Hall–Kier alpha value is -2.14. The van der Waals surface area contributed by atoms with Gasteiger partial charge in [-0.2, -0.15) is 0 Å². The Morgan fingerprint density at radius 2 is 1.92 bits per heavy atom. The second-order valence-corrected chi connectivity index (χ2v) is 6.73. The van der Waals surface area contributed by atoms with E-state index in [0.29, 0.717) is 19.4 Å². The second kappa shape index (κ2) is 7.18. The van der Waals surface area contributed by atoms with Crippen molar-refractivity contribution in [3.63, 3.8) is 0 Å². The number of piperidine rings is 1. The number of halogens is 1. The van der Waals surface area contributed by atoms with Gasteiger partial charge in [0.05, 0.1) is 19.6 Å². The number of amides is 2. The molecule has 1 aliphatic heterocycles. The van der Waals surface area contributed by atoms with Crippen molar-refractivity contribution in [2.24, 2.45) is 0 Å². The number of nitrogens with zero attached hydrogens (tertiary/aromatic N) is 1. The quantitative estimate of drug-likeness (QED) is 0.747. The molecule has 24 heavy (non-hydrogen) atoms. The molecule has 1 aliphatic rings. The van der Waals surface area contributed by atoms with Gasteiger partial charge in [0.25, 0.3) is 0 Å². The van der Waals surface area contributed by atoms with E-state index < -0.39 is 0 Å². The lowest BCUT2D eigenvalue weighted by Crippen LogP contribution is -2.43. The van der Waals surface area contributed by atoms with Crippen molar-refractivity contribution >= 4 is 27.7 Å². The number of benzene rings is 2. The molecule has 0 bridgehead atoms. The predicted molar refractivity (Wildman–Crippen MR) is 94.7 cm³/mol. The van der Waals surface area contributed by atoms with Gasteiger partial charge in [0.15, 0.2) is 0 Å². The zero-order chi connectivity index (χ0) is 17.1. The van der Waals surface area contributed by atoms with E-state index in [1.165, 1.54) is 4.90 Å². The SMILES string of the molecule is COc1ccc(CN2C(=O)CCC(c3cccc(Br)c3)C2=O)cc1. The molecule has 2 aromatic carbocycles. The molecule has 0 spiro atoms. The molecule has 0 aliphatic carbocycles. The molecule has 0 aromatic heterocycles. The van der Waals surface area contributed by atoms with E-state index in [9.17, 15) is 9.59 Å². The highest BCUT2D eigenvalue weighted by Crippen LogP contribution is 2.31. The fourth-order valence-electron chi connectivity index (χ4n) is 2.95. The highest BCUT2D eigenvalue weighted by molar-refractivity contribution is 9.10. The molecule has 0 N–H and O–H groups in total. The van der Waals surface area contributed by atoms with Crippen molar-refractivity contribution in [3.05, 3.63) is 64.1 Å². The molecule has 2 amide bonds. The number of carbonyl (C=O) groups is 2. The van der Waals surface area contributed by atoms with Gasteiger partial charge in [-0.05, 0) is 41.8 Å². The molecule has 124 valence electrons. The molecule has 3 rings (SSSR count). The van der Waals surface area contributed by atoms with Crippen LogP contribution in [0.3, 0.4) is 0 Å². The summed E-state index contributed by atoms with van der Waals surface area (Å²) in [6.45, 7) is 0.298. The Bertz CT molecular complexity index is 757. The van der Waals surface area contributed by atoms with Gasteiger partial charge in [0, 0.05) is 10.9 Å². The summed E-state index contributed by atoms with van der Waals surface area (Å²) in [5, 5.41) is 0. The van der Waals surface area contributed by atoms with Crippen LogP contribution >= 0.6 is 15.9 Å². The lowest BCUT2D eigenvalue weighted by Gasteiger charge is -2.31. The first-order valence-corrected chi connectivity index (χ1v) is 8.60. The van der Waals surface area contributed by atoms with Gasteiger partial charge in [-0.1, -0.05) is 40.2 Å². The molecule has 1 unspecified atom stereocenters. The van der Waals surface area contributed by atoms with Crippen LogP contribution in [0.1, 0.15) is 29.9 Å². The van der Waals surface area contributed by atoms with E-state index in [4.69, 9.17) is 4.74 Å². The summed E-state index contributed by atoms with van der Waals surface area (Å²) < 4.78 is 6.07. The maximum atomic E-state index is 12.8. The Labute approximate surface area is 149 Å². The Kier molecular flexibility index (Phi) is 5.00. The average molecular weight is 388 g/mol. The number of hydrogen-bond donors (Lipinski definition) is 0. The van der Waals surface area contributed by atoms with Crippen LogP contribution in [0, 0.1) is 0 Å². The topological polar surface area (TPSA) is 46.6 Å². The second-order valence-electron chi connectivity index (χ2n) is 5.81. The molecule has 1 saturated heterocycles. The third-order valence-electron chi connectivity index (χ3n) is 4.26. The van der Waals surface area contributed by atoms with Gasteiger partial charge >= 0.3 is 0 Å². The van der Waals surface area contributed by atoms with Crippen LogP contribution in [0.4, 0.5) is 0 Å². The molecule has 0 radical (unpaired) electrons. The lowest BCUT2D eigenvalue weighted by molar-refractivity contribution is -0.150. The molecular formula is C19H18BrNO3. The molecule has 1 atom stereocenters. The zero-order valence-electron chi connectivity index (χ0n) is 13.4. The number of ether oxygens (including phenoxy) is 1. The van der Waals surface area contributed by atoms with Crippen LogP contribution in [0.15, 0.2) is 53.0 Å². The highest BCUT2D eigenvalue weighted by Gasteiger charge is 2.35. The Morgan fingerprint density at radius 3 is 2.58 bits per heavy atom. The molecule has 4 nitrogen and oxygen atoms in total. The molecule has 0 saturated carbocycles. The minimum Gasteiger partial charge on any atom is -0.497 e. The van der Waals surface area contributed by atoms with Crippen LogP contribution in [0.25, 0.3) is 0 Å². The fourth-order valence-corrected chi connectivity index (χ4v) is 3.37. The third-order valence-corrected chi connectivity index (χ3v) is 4.76. The van der Waals surface area contributed by atoms with Gasteiger partial charge in [0.1, 0.15) is 5.75 Å². The minimum atomic E-state index is -0.265. The summed E-state index contributed by atoms with van der Waals surface area (Å²) in [5.74, 6) is 0.253. The van der Waals surface area contributed by atoms with Crippen LogP contribution in [0.5, 0.6) is 5.75 Å². The van der Waals surface area contributed by atoms with E-state index in [1.54, 1.807) is 7.11 Å². The van der Waals surface area contributed by atoms with Crippen molar-refractivity contribution in [3.8, 4) is 5.75 Å². The number of methoxy groups -OCH3 is 1. The molecule has 2 aromatic rings. The molecule has 1 heterocycles. The zero-order valence-corrected chi connectivity index (χ0v) is 15.0. The smallest absolute Gasteiger partial charge is 0.237 e. The summed E-state index contributed by atoms with van der Waals surface area (Å²) in [6.07, 6.45) is 0.951. The molecule has 5 heteroatoms. The Balaban J connectivity index is 1.80. The first-order valence-electron chi connectivity index (χ1n) is 7.81. The van der Waals surface area contributed by atoms with Crippen molar-refractivity contribution in [1.82, 2.24) is 4.90 Å². The summed E-state index contributed by atoms with van der Waals surface area (Å²) >= 11 is 3.44. The number of rotatable bonds is 4. The van der Waals surface area contributed by atoms with E-state index in [2.05, 4.69) is 15.9 Å². The number of likely N-dealkylation sites (tertiary alicyclic amines) is 1.